The molecule has 0 heterocycles. The predicted molar refractivity (Wildman–Crippen MR) is 102 cm³/mol. The number of amides is 1. The van der Waals surface area contributed by atoms with Crippen LogP contribution in [0.5, 0.6) is 0 Å². The number of rotatable bonds is 8. The Balaban J connectivity index is 1.72. The van der Waals surface area contributed by atoms with E-state index in [9.17, 15) is 19.6 Å². The minimum absolute atomic E-state index is 0.0290. The Morgan fingerprint density at radius 3 is 2.41 bits per heavy atom. The molecular formula is C20H24N2O4S. The van der Waals surface area contributed by atoms with Crippen molar-refractivity contribution < 1.29 is 19.1 Å². The molecule has 6 nitrogen and oxygen atoms in total. The second-order valence-corrected chi connectivity index (χ2v) is 7.49. The zero-order valence-electron chi connectivity index (χ0n) is 15.5. The predicted octanol–water partition coefficient (Wildman–Crippen LogP) is 3.26. The van der Waals surface area contributed by atoms with Crippen LogP contribution in [0.4, 0.5) is 0 Å². The van der Waals surface area contributed by atoms with Gasteiger partial charge < -0.3 is 10.1 Å². The summed E-state index contributed by atoms with van der Waals surface area (Å²) in [5.74, 6) is -1.23. The van der Waals surface area contributed by atoms with Gasteiger partial charge in [0.05, 0.1) is 12.5 Å². The van der Waals surface area contributed by atoms with Crippen LogP contribution in [0.1, 0.15) is 55.3 Å². The van der Waals surface area contributed by atoms with Crippen molar-refractivity contribution in [3.8, 4) is 6.07 Å². The maximum absolute atomic E-state index is 12.1. The summed E-state index contributed by atoms with van der Waals surface area (Å²) in [4.78, 5) is 37.0. The number of benzene rings is 1. The van der Waals surface area contributed by atoms with Gasteiger partial charge in [-0.1, -0.05) is 31.4 Å². The Morgan fingerprint density at radius 1 is 1.15 bits per heavy atom. The number of carbonyl (C=O) groups is 3. The quantitative estimate of drug-likeness (QED) is 0.417. The first-order chi connectivity index (χ1) is 13.0. The molecular weight excluding hydrogens is 364 g/mol. The van der Waals surface area contributed by atoms with Gasteiger partial charge in [-0.25, -0.2) is 0 Å². The molecule has 1 aromatic rings. The summed E-state index contributed by atoms with van der Waals surface area (Å²) in [6.45, 7) is -0.432. The Labute approximate surface area is 163 Å². The highest BCUT2D eigenvalue weighted by Crippen LogP contribution is 2.27. The zero-order valence-corrected chi connectivity index (χ0v) is 16.3. The number of ether oxygens (including phenoxy) is 1. The third-order valence-electron chi connectivity index (χ3n) is 4.63. The highest BCUT2D eigenvalue weighted by molar-refractivity contribution is 7.98. The minimum atomic E-state index is -0.847. The number of nitrogens with one attached hydrogen (secondary N) is 1. The van der Waals surface area contributed by atoms with Crippen LogP contribution < -0.4 is 5.32 Å². The fourth-order valence-electron chi connectivity index (χ4n) is 3.08. The standard InChI is InChI=1S/C20H24N2O4S/c1-27-16-7-5-15(6-8-16)17(23)9-10-19(25)26-13-18(24)22-20(14-21)11-3-2-4-12-20/h5-8H,2-4,9-13H2,1H3,(H,22,24). The Kier molecular flexibility index (Phi) is 7.86. The molecule has 0 spiro atoms. The molecule has 1 saturated carbocycles. The highest BCUT2D eigenvalue weighted by Gasteiger charge is 2.33. The van der Waals surface area contributed by atoms with Gasteiger partial charge in [-0.05, 0) is 31.2 Å². The van der Waals surface area contributed by atoms with E-state index < -0.39 is 24.0 Å². The molecule has 1 aromatic carbocycles. The Bertz CT molecular complexity index is 718. The van der Waals surface area contributed by atoms with Gasteiger partial charge in [0.25, 0.3) is 5.91 Å². The van der Waals surface area contributed by atoms with E-state index in [1.165, 1.54) is 0 Å². The van der Waals surface area contributed by atoms with Crippen LogP contribution in [-0.2, 0) is 14.3 Å². The molecule has 1 amide bonds. The molecule has 1 aliphatic rings. The topological polar surface area (TPSA) is 96.3 Å². The van der Waals surface area contributed by atoms with E-state index in [0.29, 0.717) is 18.4 Å². The number of nitriles is 1. The van der Waals surface area contributed by atoms with Crippen LogP contribution in [0.2, 0.25) is 0 Å². The van der Waals surface area contributed by atoms with E-state index in [1.807, 2.05) is 18.4 Å². The van der Waals surface area contributed by atoms with Crippen molar-refractivity contribution in [1.29, 1.82) is 5.26 Å². The Hall–Kier alpha value is -2.33. The molecule has 1 N–H and O–H groups in total. The summed E-state index contributed by atoms with van der Waals surface area (Å²) >= 11 is 1.59. The van der Waals surface area contributed by atoms with E-state index in [0.717, 1.165) is 24.2 Å². The smallest absolute Gasteiger partial charge is 0.306 e. The van der Waals surface area contributed by atoms with Gasteiger partial charge in [0.1, 0.15) is 5.54 Å². The summed E-state index contributed by atoms with van der Waals surface area (Å²) in [5, 5.41) is 12.0. The van der Waals surface area contributed by atoms with E-state index in [-0.39, 0.29) is 18.6 Å². The summed E-state index contributed by atoms with van der Waals surface area (Å²) in [6, 6.07) is 9.37. The maximum Gasteiger partial charge on any atom is 0.306 e. The van der Waals surface area contributed by atoms with Gasteiger partial charge in [0, 0.05) is 16.9 Å². The van der Waals surface area contributed by atoms with Crippen molar-refractivity contribution in [3.63, 3.8) is 0 Å². The normalized spacial score (nSPS) is 15.4. The zero-order chi connectivity index (χ0) is 19.7. The lowest BCUT2D eigenvalue weighted by molar-refractivity contribution is -0.148. The molecule has 0 atom stereocenters. The number of hydrogen-bond acceptors (Lipinski definition) is 6. The molecule has 144 valence electrons. The van der Waals surface area contributed by atoms with Crippen molar-refractivity contribution in [2.45, 2.75) is 55.4 Å². The molecule has 2 rings (SSSR count). The number of Topliss-reactive ketones (excluding diaryl/α,β-unsaturated/α-hetero) is 1. The average molecular weight is 388 g/mol. The van der Waals surface area contributed by atoms with Crippen LogP contribution >= 0.6 is 11.8 Å². The number of thioether (sulfide) groups is 1. The molecule has 0 aliphatic heterocycles. The van der Waals surface area contributed by atoms with Crippen molar-refractivity contribution in [2.75, 3.05) is 12.9 Å². The van der Waals surface area contributed by atoms with Crippen LogP contribution in [-0.4, -0.2) is 36.1 Å². The molecule has 0 bridgehead atoms. The van der Waals surface area contributed by atoms with E-state index in [1.54, 1.807) is 23.9 Å². The van der Waals surface area contributed by atoms with Crippen molar-refractivity contribution in [1.82, 2.24) is 5.32 Å². The molecule has 27 heavy (non-hydrogen) atoms. The number of carbonyl (C=O) groups excluding carboxylic acids is 3. The molecule has 0 unspecified atom stereocenters. The van der Waals surface area contributed by atoms with Gasteiger partial charge in [-0.15, -0.1) is 11.8 Å². The van der Waals surface area contributed by atoms with Gasteiger partial charge in [0.2, 0.25) is 0 Å². The summed E-state index contributed by atoms with van der Waals surface area (Å²) < 4.78 is 4.94. The third kappa shape index (κ3) is 6.40. The average Bonchev–Trinajstić information content (AvgIpc) is 2.71. The summed E-state index contributed by atoms with van der Waals surface area (Å²) in [5.41, 5.74) is -0.299. The van der Waals surface area contributed by atoms with E-state index >= 15 is 0 Å². The van der Waals surface area contributed by atoms with Crippen LogP contribution in [0.15, 0.2) is 29.2 Å². The van der Waals surface area contributed by atoms with Crippen molar-refractivity contribution in [3.05, 3.63) is 29.8 Å². The van der Waals surface area contributed by atoms with E-state index in [4.69, 9.17) is 4.74 Å². The molecule has 1 fully saturated rings. The lowest BCUT2D eigenvalue weighted by Gasteiger charge is -2.31. The molecule has 0 aromatic heterocycles. The lowest BCUT2D eigenvalue weighted by Crippen LogP contribution is -2.50. The number of esters is 1. The second-order valence-electron chi connectivity index (χ2n) is 6.62. The first-order valence-corrected chi connectivity index (χ1v) is 10.3. The fourth-order valence-corrected chi connectivity index (χ4v) is 3.49. The van der Waals surface area contributed by atoms with Crippen LogP contribution in [0.25, 0.3) is 0 Å². The van der Waals surface area contributed by atoms with E-state index in [2.05, 4.69) is 11.4 Å². The largest absolute Gasteiger partial charge is 0.456 e. The molecule has 7 heteroatoms. The maximum atomic E-state index is 12.1. The Morgan fingerprint density at radius 2 is 1.81 bits per heavy atom. The SMILES string of the molecule is CSc1ccc(C(=O)CCC(=O)OCC(=O)NC2(C#N)CCCCC2)cc1. The van der Waals surface area contributed by atoms with Gasteiger partial charge in [0.15, 0.2) is 12.4 Å². The highest BCUT2D eigenvalue weighted by atomic mass is 32.2. The van der Waals surface area contributed by atoms with Crippen molar-refractivity contribution >= 4 is 29.4 Å². The third-order valence-corrected chi connectivity index (χ3v) is 5.38. The van der Waals surface area contributed by atoms with Gasteiger partial charge in [-0.2, -0.15) is 5.26 Å². The molecule has 1 aliphatic carbocycles. The lowest BCUT2D eigenvalue weighted by atomic mass is 9.83. The van der Waals surface area contributed by atoms with Gasteiger partial charge in [-0.3, -0.25) is 14.4 Å². The fraction of sp³-hybridized carbons (Fsp3) is 0.500. The second kappa shape index (κ2) is 10.1. The van der Waals surface area contributed by atoms with Gasteiger partial charge >= 0.3 is 5.97 Å². The first-order valence-electron chi connectivity index (χ1n) is 9.03. The molecule has 0 radical (unpaired) electrons. The number of ketones is 1. The minimum Gasteiger partial charge on any atom is -0.456 e. The summed E-state index contributed by atoms with van der Waals surface area (Å²) in [7, 11) is 0. The van der Waals surface area contributed by atoms with Crippen LogP contribution in [0, 0.1) is 11.3 Å². The van der Waals surface area contributed by atoms with Crippen LogP contribution in [0.3, 0.4) is 0 Å². The van der Waals surface area contributed by atoms with Crippen molar-refractivity contribution in [2.24, 2.45) is 0 Å². The monoisotopic (exact) mass is 388 g/mol. The summed E-state index contributed by atoms with van der Waals surface area (Å²) in [6.07, 6.45) is 5.99. The number of nitrogens with zero attached hydrogens (tertiary/aromatic N) is 1. The first kappa shape index (κ1) is 21.0. The molecule has 0 saturated heterocycles. The number of hydrogen-bond donors (Lipinski definition) is 1.